The van der Waals surface area contributed by atoms with Crippen molar-refractivity contribution in [3.63, 3.8) is 0 Å². The highest BCUT2D eigenvalue weighted by Gasteiger charge is 2.18. The van der Waals surface area contributed by atoms with Crippen LogP contribution in [0.25, 0.3) is 0 Å². The Morgan fingerprint density at radius 1 is 1.44 bits per heavy atom. The van der Waals surface area contributed by atoms with Crippen LogP contribution in [0.15, 0.2) is 18.7 Å². The predicted octanol–water partition coefficient (Wildman–Crippen LogP) is 1.45. The first-order valence-electron chi connectivity index (χ1n) is 3.30. The van der Waals surface area contributed by atoms with E-state index in [4.69, 9.17) is 0 Å². The van der Waals surface area contributed by atoms with E-state index in [1.54, 1.807) is 0 Å². The Morgan fingerprint density at radius 2 is 2.33 bits per heavy atom. The van der Waals surface area contributed by atoms with Gasteiger partial charge in [-0.15, -0.1) is 0 Å². The van der Waals surface area contributed by atoms with Gasteiger partial charge in [0, 0.05) is 12.4 Å². The topological polar surface area (TPSA) is 17.8 Å². The molecule has 0 N–H and O–H groups in total. The van der Waals surface area contributed by atoms with Gasteiger partial charge in [-0.25, -0.2) is 4.98 Å². The molecule has 0 spiro atoms. The van der Waals surface area contributed by atoms with E-state index in [9.17, 15) is 0 Å². The van der Waals surface area contributed by atoms with Crippen molar-refractivity contribution in [2.75, 3.05) is 0 Å². The molecule has 0 aliphatic heterocycles. The fourth-order valence-corrected chi connectivity index (χ4v) is 1.04. The van der Waals surface area contributed by atoms with Gasteiger partial charge in [0.1, 0.15) is 0 Å². The molecular weight excluding hydrogens is 112 g/mol. The highest BCUT2D eigenvalue weighted by Crippen LogP contribution is 2.29. The third-order valence-corrected chi connectivity index (χ3v) is 1.80. The molecule has 9 heavy (non-hydrogen) atoms. The van der Waals surface area contributed by atoms with Crippen LogP contribution >= 0.6 is 0 Å². The molecule has 0 unspecified atom stereocenters. The summed E-state index contributed by atoms with van der Waals surface area (Å²) in [5, 5.41) is 0. The van der Waals surface area contributed by atoms with Crippen LogP contribution in [0.4, 0.5) is 0 Å². The molecule has 1 radical (unpaired) electrons. The molecule has 47 valence electrons. The Morgan fingerprint density at radius 3 is 2.78 bits per heavy atom. The van der Waals surface area contributed by atoms with Crippen molar-refractivity contribution in [2.45, 2.75) is 19.3 Å². The second-order valence-electron chi connectivity index (χ2n) is 2.39. The van der Waals surface area contributed by atoms with Crippen LogP contribution < -0.4 is 0 Å². The summed E-state index contributed by atoms with van der Waals surface area (Å²) >= 11 is 0. The lowest BCUT2D eigenvalue weighted by Crippen LogP contribution is -2.15. The van der Waals surface area contributed by atoms with Crippen LogP contribution in [0.2, 0.25) is 0 Å². The van der Waals surface area contributed by atoms with E-state index < -0.39 is 0 Å². The average molecular weight is 121 g/mol. The van der Waals surface area contributed by atoms with Crippen LogP contribution in [-0.4, -0.2) is 9.55 Å². The standard InChI is InChI=1S/C7H9N2/c1-2-7(3-1)9-5-4-8-6-9/h4-6H,1-3H2. The summed E-state index contributed by atoms with van der Waals surface area (Å²) in [5.41, 5.74) is 0. The molecule has 1 aliphatic rings. The minimum Gasteiger partial charge on any atom is -0.329 e. The summed E-state index contributed by atoms with van der Waals surface area (Å²) in [6.45, 7) is 0. The summed E-state index contributed by atoms with van der Waals surface area (Å²) in [4.78, 5) is 3.97. The molecule has 1 aromatic heterocycles. The molecule has 0 atom stereocenters. The number of nitrogens with zero attached hydrogens (tertiary/aromatic N) is 2. The monoisotopic (exact) mass is 121 g/mol. The van der Waals surface area contributed by atoms with Gasteiger partial charge in [-0.3, -0.25) is 0 Å². The first-order valence-corrected chi connectivity index (χ1v) is 3.30. The summed E-state index contributed by atoms with van der Waals surface area (Å²) in [6, 6.07) is 1.51. The zero-order chi connectivity index (χ0) is 6.10. The molecule has 2 heteroatoms. The van der Waals surface area contributed by atoms with Gasteiger partial charge in [-0.1, -0.05) is 0 Å². The first kappa shape index (κ1) is 5.03. The molecular formula is C7H9N2. The van der Waals surface area contributed by atoms with Crippen LogP contribution in [0.1, 0.15) is 19.3 Å². The van der Waals surface area contributed by atoms with Gasteiger partial charge in [-0.05, 0) is 19.3 Å². The lowest BCUT2D eigenvalue weighted by Gasteiger charge is -2.24. The molecule has 1 heterocycles. The highest BCUT2D eigenvalue weighted by molar-refractivity contribution is 5.02. The van der Waals surface area contributed by atoms with E-state index in [0.717, 1.165) is 0 Å². The molecule has 2 rings (SSSR count). The molecule has 1 aromatic rings. The van der Waals surface area contributed by atoms with Gasteiger partial charge >= 0.3 is 0 Å². The Balaban J connectivity index is 2.14. The van der Waals surface area contributed by atoms with E-state index in [-0.39, 0.29) is 0 Å². The minimum atomic E-state index is 1.26. The molecule has 0 aromatic carbocycles. The molecule has 1 fully saturated rings. The quantitative estimate of drug-likeness (QED) is 0.549. The number of rotatable bonds is 1. The van der Waals surface area contributed by atoms with E-state index in [1.165, 1.54) is 25.3 Å². The second kappa shape index (κ2) is 1.87. The highest BCUT2D eigenvalue weighted by atomic mass is 15.1. The van der Waals surface area contributed by atoms with Gasteiger partial charge in [0.25, 0.3) is 0 Å². The molecule has 1 saturated carbocycles. The van der Waals surface area contributed by atoms with Crippen molar-refractivity contribution < 1.29 is 0 Å². The molecule has 2 nitrogen and oxygen atoms in total. The molecule has 1 aliphatic carbocycles. The maximum atomic E-state index is 3.97. The average Bonchev–Trinajstić information content (AvgIpc) is 2.11. The fourth-order valence-electron chi connectivity index (χ4n) is 1.04. The van der Waals surface area contributed by atoms with E-state index in [0.29, 0.717) is 0 Å². The minimum absolute atomic E-state index is 1.26. The zero-order valence-corrected chi connectivity index (χ0v) is 5.25. The van der Waals surface area contributed by atoms with Crippen molar-refractivity contribution in [2.24, 2.45) is 0 Å². The Hall–Kier alpha value is -0.790. The van der Waals surface area contributed by atoms with Crippen molar-refractivity contribution >= 4 is 0 Å². The first-order chi connectivity index (χ1) is 4.47. The number of aromatic nitrogens is 2. The van der Waals surface area contributed by atoms with Crippen molar-refractivity contribution in [3.8, 4) is 0 Å². The maximum Gasteiger partial charge on any atom is 0.0951 e. The summed E-state index contributed by atoms with van der Waals surface area (Å²) < 4.78 is 2.11. The van der Waals surface area contributed by atoms with Crippen molar-refractivity contribution in [1.29, 1.82) is 0 Å². The molecule has 0 saturated heterocycles. The van der Waals surface area contributed by atoms with Crippen LogP contribution in [-0.2, 0) is 0 Å². The largest absolute Gasteiger partial charge is 0.329 e. The van der Waals surface area contributed by atoms with Crippen molar-refractivity contribution in [1.82, 2.24) is 9.55 Å². The summed E-state index contributed by atoms with van der Waals surface area (Å²) in [6.07, 6.45) is 9.58. The zero-order valence-electron chi connectivity index (χ0n) is 5.25. The molecule has 0 amide bonds. The van der Waals surface area contributed by atoms with Crippen molar-refractivity contribution in [3.05, 3.63) is 24.8 Å². The normalized spacial score (nSPS) is 19.6. The number of hydrogen-bond acceptors (Lipinski definition) is 1. The van der Waals surface area contributed by atoms with Gasteiger partial charge in [0.05, 0.1) is 12.4 Å². The third kappa shape index (κ3) is 0.745. The SMILES string of the molecule is c1cn([C]2CCC2)cn1. The number of imidazole rings is 1. The van der Waals surface area contributed by atoms with E-state index in [2.05, 4.69) is 9.55 Å². The third-order valence-electron chi connectivity index (χ3n) is 1.80. The summed E-state index contributed by atoms with van der Waals surface area (Å²) in [5.74, 6) is 0. The smallest absolute Gasteiger partial charge is 0.0951 e. The van der Waals surface area contributed by atoms with Gasteiger partial charge in [0.15, 0.2) is 0 Å². The summed E-state index contributed by atoms with van der Waals surface area (Å²) in [7, 11) is 0. The van der Waals surface area contributed by atoms with E-state index in [1.807, 2.05) is 18.7 Å². The lowest BCUT2D eigenvalue weighted by molar-refractivity contribution is 0.483. The van der Waals surface area contributed by atoms with E-state index >= 15 is 0 Å². The molecule has 0 bridgehead atoms. The lowest BCUT2D eigenvalue weighted by atomic mass is 9.93. The van der Waals surface area contributed by atoms with Gasteiger partial charge in [0.2, 0.25) is 0 Å². The maximum absolute atomic E-state index is 3.97. The fraction of sp³-hybridized carbons (Fsp3) is 0.429. The van der Waals surface area contributed by atoms with Gasteiger partial charge < -0.3 is 4.57 Å². The van der Waals surface area contributed by atoms with Crippen LogP contribution in [0.3, 0.4) is 0 Å². The van der Waals surface area contributed by atoms with Crippen LogP contribution in [0, 0.1) is 6.04 Å². The Bertz CT molecular complexity index is 175. The van der Waals surface area contributed by atoms with Crippen LogP contribution in [0.5, 0.6) is 0 Å². The predicted molar refractivity (Wildman–Crippen MR) is 34.7 cm³/mol. The second-order valence-corrected chi connectivity index (χ2v) is 2.39. The Labute approximate surface area is 54.5 Å². The Kier molecular flexibility index (Phi) is 1.04. The van der Waals surface area contributed by atoms with Gasteiger partial charge in [-0.2, -0.15) is 0 Å². The number of hydrogen-bond donors (Lipinski definition) is 0.